The normalized spacial score (nSPS) is 10.8. The predicted octanol–water partition coefficient (Wildman–Crippen LogP) is 5.00. The summed E-state index contributed by atoms with van der Waals surface area (Å²) >= 11 is 1.23. The van der Waals surface area contributed by atoms with Crippen LogP contribution in [0.5, 0.6) is 0 Å². The number of para-hydroxylation sites is 1. The van der Waals surface area contributed by atoms with Crippen molar-refractivity contribution in [3.63, 3.8) is 0 Å². The number of carbonyl (C=O) groups excluding carboxylic acids is 2. The van der Waals surface area contributed by atoms with E-state index in [0.717, 1.165) is 16.5 Å². The standard InChI is InChI=1S/C22H17FN2O3S/c1-28-22(27)20-17(13-6-8-15(23)9-7-13)12-29-21(20)25-19(26)10-14-11-24-18-5-3-2-4-16(14)18/h2-9,11-12,24H,10H2,1H3,(H,25,26). The van der Waals surface area contributed by atoms with Crippen LogP contribution in [0.2, 0.25) is 0 Å². The molecule has 0 bridgehead atoms. The Hall–Kier alpha value is -3.45. The summed E-state index contributed by atoms with van der Waals surface area (Å²) in [5, 5.41) is 5.96. The largest absolute Gasteiger partial charge is 0.465 e. The molecule has 0 fully saturated rings. The van der Waals surface area contributed by atoms with Crippen LogP contribution in [0.3, 0.4) is 0 Å². The molecule has 4 rings (SSSR count). The SMILES string of the molecule is COC(=O)c1c(-c2ccc(F)cc2)csc1NC(=O)Cc1c[nH]c2ccccc12. The van der Waals surface area contributed by atoms with Gasteiger partial charge in [-0.2, -0.15) is 0 Å². The molecule has 0 aliphatic heterocycles. The number of anilines is 1. The van der Waals surface area contributed by atoms with E-state index < -0.39 is 5.97 Å². The van der Waals surface area contributed by atoms with E-state index in [1.54, 1.807) is 17.5 Å². The second-order valence-electron chi connectivity index (χ2n) is 6.44. The summed E-state index contributed by atoms with van der Waals surface area (Å²) in [4.78, 5) is 28.2. The Morgan fingerprint density at radius 3 is 2.66 bits per heavy atom. The van der Waals surface area contributed by atoms with Gasteiger partial charge in [-0.15, -0.1) is 11.3 Å². The third-order valence-electron chi connectivity index (χ3n) is 4.61. The topological polar surface area (TPSA) is 71.2 Å². The quantitative estimate of drug-likeness (QED) is 0.456. The van der Waals surface area contributed by atoms with E-state index in [-0.39, 0.29) is 23.7 Å². The number of aromatic nitrogens is 1. The first-order chi connectivity index (χ1) is 14.1. The summed E-state index contributed by atoms with van der Waals surface area (Å²) in [5.41, 5.74) is 3.34. The molecule has 0 aliphatic rings. The number of carbonyl (C=O) groups is 2. The lowest BCUT2D eigenvalue weighted by atomic mass is 10.0. The number of methoxy groups -OCH3 is 1. The fourth-order valence-electron chi connectivity index (χ4n) is 3.22. The van der Waals surface area contributed by atoms with E-state index in [0.29, 0.717) is 16.1 Å². The van der Waals surface area contributed by atoms with Gasteiger partial charge in [0.15, 0.2) is 0 Å². The molecular weight excluding hydrogens is 391 g/mol. The minimum atomic E-state index is -0.562. The van der Waals surface area contributed by atoms with Gasteiger partial charge in [0.05, 0.1) is 13.5 Å². The highest BCUT2D eigenvalue weighted by atomic mass is 32.1. The average molecular weight is 408 g/mol. The zero-order chi connectivity index (χ0) is 20.4. The van der Waals surface area contributed by atoms with Crippen LogP contribution in [0.4, 0.5) is 9.39 Å². The number of amides is 1. The van der Waals surface area contributed by atoms with E-state index in [1.165, 1.54) is 30.6 Å². The second-order valence-corrected chi connectivity index (χ2v) is 7.32. The second kappa shape index (κ2) is 7.89. The Balaban J connectivity index is 1.61. The lowest BCUT2D eigenvalue weighted by molar-refractivity contribution is -0.115. The molecule has 4 aromatic rings. The molecule has 146 valence electrons. The monoisotopic (exact) mass is 408 g/mol. The first kappa shape index (κ1) is 18.9. The maximum Gasteiger partial charge on any atom is 0.341 e. The minimum absolute atomic E-state index is 0.161. The van der Waals surface area contributed by atoms with Crippen LogP contribution >= 0.6 is 11.3 Å². The molecule has 2 N–H and O–H groups in total. The molecule has 1 amide bonds. The van der Waals surface area contributed by atoms with Gasteiger partial charge in [-0.1, -0.05) is 30.3 Å². The minimum Gasteiger partial charge on any atom is -0.465 e. The van der Waals surface area contributed by atoms with Gasteiger partial charge in [-0.25, -0.2) is 9.18 Å². The number of ether oxygens (including phenoxy) is 1. The first-order valence-corrected chi connectivity index (χ1v) is 9.75. The van der Waals surface area contributed by atoms with Gasteiger partial charge < -0.3 is 15.0 Å². The summed E-state index contributed by atoms with van der Waals surface area (Å²) < 4.78 is 18.2. The van der Waals surface area contributed by atoms with Crippen molar-refractivity contribution in [3.05, 3.63) is 77.1 Å². The van der Waals surface area contributed by atoms with Crippen LogP contribution in [0.25, 0.3) is 22.0 Å². The zero-order valence-electron chi connectivity index (χ0n) is 15.5. The number of hydrogen-bond acceptors (Lipinski definition) is 4. The number of halogens is 1. The molecule has 0 radical (unpaired) electrons. The maximum atomic E-state index is 13.2. The van der Waals surface area contributed by atoms with Crippen LogP contribution in [0.15, 0.2) is 60.1 Å². The highest BCUT2D eigenvalue weighted by Gasteiger charge is 2.22. The number of benzene rings is 2. The van der Waals surface area contributed by atoms with Gasteiger partial charge in [-0.3, -0.25) is 4.79 Å². The first-order valence-electron chi connectivity index (χ1n) is 8.87. The molecule has 0 unspecified atom stereocenters. The Labute approximate surface area is 170 Å². The lowest BCUT2D eigenvalue weighted by Gasteiger charge is -2.08. The third kappa shape index (κ3) is 3.77. The Kier molecular flexibility index (Phi) is 5.14. The molecule has 0 saturated carbocycles. The van der Waals surface area contributed by atoms with Crippen LogP contribution in [0, 0.1) is 5.82 Å². The molecule has 2 aromatic heterocycles. The Morgan fingerprint density at radius 2 is 1.90 bits per heavy atom. The highest BCUT2D eigenvalue weighted by molar-refractivity contribution is 7.15. The van der Waals surface area contributed by atoms with Gasteiger partial charge in [0.2, 0.25) is 5.91 Å². The van der Waals surface area contributed by atoms with Gasteiger partial charge in [0, 0.05) is 28.0 Å². The molecule has 0 aliphatic carbocycles. The molecular formula is C22H17FN2O3S. The van der Waals surface area contributed by atoms with Crippen molar-refractivity contribution in [2.45, 2.75) is 6.42 Å². The van der Waals surface area contributed by atoms with Crippen LogP contribution < -0.4 is 5.32 Å². The lowest BCUT2D eigenvalue weighted by Crippen LogP contribution is -2.16. The van der Waals surface area contributed by atoms with Crippen molar-refractivity contribution in [1.82, 2.24) is 4.98 Å². The van der Waals surface area contributed by atoms with Crippen molar-refractivity contribution in [1.29, 1.82) is 0 Å². The highest BCUT2D eigenvalue weighted by Crippen LogP contribution is 2.36. The van der Waals surface area contributed by atoms with Crippen molar-refractivity contribution in [2.75, 3.05) is 12.4 Å². The van der Waals surface area contributed by atoms with E-state index in [9.17, 15) is 14.0 Å². The number of fused-ring (bicyclic) bond motifs is 1. The predicted molar refractivity (Wildman–Crippen MR) is 112 cm³/mol. The van der Waals surface area contributed by atoms with Crippen LogP contribution in [-0.4, -0.2) is 24.0 Å². The molecule has 7 heteroatoms. The number of rotatable bonds is 5. The number of esters is 1. The van der Waals surface area contributed by atoms with Crippen molar-refractivity contribution >= 4 is 39.1 Å². The number of thiophene rings is 1. The maximum absolute atomic E-state index is 13.2. The Morgan fingerprint density at radius 1 is 1.14 bits per heavy atom. The van der Waals surface area contributed by atoms with Crippen LogP contribution in [0.1, 0.15) is 15.9 Å². The molecule has 2 aromatic carbocycles. The third-order valence-corrected chi connectivity index (χ3v) is 5.51. The summed E-state index contributed by atoms with van der Waals surface area (Å²) in [6.45, 7) is 0. The van der Waals surface area contributed by atoms with E-state index >= 15 is 0 Å². The fourth-order valence-corrected chi connectivity index (χ4v) is 4.19. The Bertz CT molecular complexity index is 1190. The summed E-state index contributed by atoms with van der Waals surface area (Å²) in [6, 6.07) is 13.6. The van der Waals surface area contributed by atoms with E-state index in [2.05, 4.69) is 10.3 Å². The summed E-state index contributed by atoms with van der Waals surface area (Å²) in [7, 11) is 1.28. The van der Waals surface area contributed by atoms with E-state index in [1.807, 2.05) is 30.5 Å². The van der Waals surface area contributed by atoms with Crippen molar-refractivity contribution < 1.29 is 18.7 Å². The number of H-pyrrole nitrogens is 1. The fraction of sp³-hybridized carbons (Fsp3) is 0.0909. The van der Waals surface area contributed by atoms with Crippen molar-refractivity contribution in [2.24, 2.45) is 0 Å². The molecule has 0 saturated heterocycles. The molecule has 0 atom stereocenters. The summed E-state index contributed by atoms with van der Waals surface area (Å²) in [5.74, 6) is -1.17. The van der Waals surface area contributed by atoms with Gasteiger partial charge >= 0.3 is 5.97 Å². The smallest absolute Gasteiger partial charge is 0.341 e. The van der Waals surface area contributed by atoms with Crippen LogP contribution in [-0.2, 0) is 16.0 Å². The summed E-state index contributed by atoms with van der Waals surface area (Å²) in [6.07, 6.45) is 1.97. The molecule has 29 heavy (non-hydrogen) atoms. The van der Waals surface area contributed by atoms with E-state index in [4.69, 9.17) is 4.74 Å². The van der Waals surface area contributed by atoms with Gasteiger partial charge in [0.1, 0.15) is 16.4 Å². The molecule has 0 spiro atoms. The number of hydrogen-bond donors (Lipinski definition) is 2. The average Bonchev–Trinajstić information content (AvgIpc) is 3.32. The van der Waals surface area contributed by atoms with Gasteiger partial charge in [-0.05, 0) is 29.3 Å². The number of aromatic amines is 1. The molecule has 5 nitrogen and oxygen atoms in total. The van der Waals surface area contributed by atoms with Crippen molar-refractivity contribution in [3.8, 4) is 11.1 Å². The molecule has 2 heterocycles. The zero-order valence-corrected chi connectivity index (χ0v) is 16.3. The number of nitrogens with one attached hydrogen (secondary N) is 2. The van der Waals surface area contributed by atoms with Gasteiger partial charge in [0.25, 0.3) is 0 Å².